The number of esters is 1. The Morgan fingerprint density at radius 1 is 1.26 bits per heavy atom. The van der Waals surface area contributed by atoms with Crippen molar-refractivity contribution in [3.05, 3.63) is 38.3 Å². The van der Waals surface area contributed by atoms with E-state index in [4.69, 9.17) is 25.8 Å². The zero-order valence-electron chi connectivity index (χ0n) is 14.1. The molecule has 0 bridgehead atoms. The molecule has 0 radical (unpaired) electrons. The van der Waals surface area contributed by atoms with Crippen molar-refractivity contribution in [2.75, 3.05) is 13.9 Å². The first-order chi connectivity index (χ1) is 13.0. The molecule has 1 aliphatic heterocycles. The third-order valence-electron chi connectivity index (χ3n) is 3.87. The Morgan fingerprint density at radius 3 is 2.74 bits per heavy atom. The minimum absolute atomic E-state index is 0.0624. The number of hydrogen-bond acceptors (Lipinski definition) is 7. The van der Waals surface area contributed by atoms with Crippen molar-refractivity contribution in [1.82, 2.24) is 4.57 Å². The van der Waals surface area contributed by atoms with E-state index in [1.54, 1.807) is 22.8 Å². The largest absolute Gasteiger partial charge is 0.468 e. The van der Waals surface area contributed by atoms with Gasteiger partial charge in [-0.15, -0.1) is 11.3 Å². The number of hydrogen-bond donors (Lipinski definition) is 0. The van der Waals surface area contributed by atoms with Crippen molar-refractivity contribution in [3.63, 3.8) is 0 Å². The number of halogens is 1. The molecule has 0 fully saturated rings. The number of ether oxygens (including phenoxy) is 3. The number of amides is 1. The normalized spacial score (nSPS) is 13.3. The van der Waals surface area contributed by atoms with Gasteiger partial charge in [0, 0.05) is 17.0 Å². The van der Waals surface area contributed by atoms with Crippen molar-refractivity contribution >= 4 is 56.4 Å². The van der Waals surface area contributed by atoms with Crippen LogP contribution in [-0.2, 0) is 27.3 Å². The first kappa shape index (κ1) is 18.0. The Labute approximate surface area is 166 Å². The number of fused-ring (bicyclic) bond motifs is 2. The van der Waals surface area contributed by atoms with E-state index in [2.05, 4.69) is 4.99 Å². The highest BCUT2D eigenvalue weighted by Gasteiger charge is 2.19. The summed E-state index contributed by atoms with van der Waals surface area (Å²) in [4.78, 5) is 29.7. The molecule has 0 saturated heterocycles. The summed E-state index contributed by atoms with van der Waals surface area (Å²) < 4.78 is 18.7. The van der Waals surface area contributed by atoms with Crippen LogP contribution in [-0.4, -0.2) is 30.3 Å². The maximum Gasteiger partial charge on any atom is 0.325 e. The average Bonchev–Trinajstić information content (AvgIpc) is 3.33. The predicted molar refractivity (Wildman–Crippen MR) is 102 cm³/mol. The molecule has 3 heterocycles. The third-order valence-corrected chi connectivity index (χ3v) is 6.14. The van der Waals surface area contributed by atoms with Crippen molar-refractivity contribution < 1.29 is 23.8 Å². The van der Waals surface area contributed by atoms with E-state index in [1.165, 1.54) is 29.8 Å². The Bertz CT molecular complexity index is 1110. The van der Waals surface area contributed by atoms with Crippen LogP contribution in [0.3, 0.4) is 0 Å². The lowest BCUT2D eigenvalue weighted by molar-refractivity contribution is -0.141. The number of aromatic nitrogens is 1. The van der Waals surface area contributed by atoms with Gasteiger partial charge in [0.15, 0.2) is 16.3 Å². The standard InChI is InChI=1S/C17H13ClN2O5S2/c1-23-16(22)7-20-10-5-11-12(25-8-24-11)6-13(10)27-17(20)19-15(21)4-9-2-3-14(18)26-9/h2-3,5-6H,4,7-8H2,1H3. The van der Waals surface area contributed by atoms with E-state index in [9.17, 15) is 9.59 Å². The summed E-state index contributed by atoms with van der Waals surface area (Å²) in [6.45, 7) is 0.0930. The van der Waals surface area contributed by atoms with Crippen molar-refractivity contribution in [2.45, 2.75) is 13.0 Å². The molecule has 7 nitrogen and oxygen atoms in total. The predicted octanol–water partition coefficient (Wildman–Crippen LogP) is 2.99. The SMILES string of the molecule is COC(=O)Cn1c(=NC(=O)Cc2ccc(Cl)s2)sc2cc3c(cc21)OCO3. The minimum Gasteiger partial charge on any atom is -0.468 e. The summed E-state index contributed by atoms with van der Waals surface area (Å²) in [5.74, 6) is 0.454. The summed E-state index contributed by atoms with van der Waals surface area (Å²) in [7, 11) is 1.31. The zero-order valence-corrected chi connectivity index (χ0v) is 16.4. The fourth-order valence-corrected chi connectivity index (χ4v) is 4.77. The smallest absolute Gasteiger partial charge is 0.325 e. The summed E-state index contributed by atoms with van der Waals surface area (Å²) in [5.41, 5.74) is 0.723. The summed E-state index contributed by atoms with van der Waals surface area (Å²) in [6, 6.07) is 7.14. The van der Waals surface area contributed by atoms with E-state index in [1.807, 2.05) is 6.07 Å². The van der Waals surface area contributed by atoms with Gasteiger partial charge >= 0.3 is 5.97 Å². The third kappa shape index (κ3) is 3.71. The van der Waals surface area contributed by atoms with Crippen LogP contribution in [0.5, 0.6) is 11.5 Å². The Hall–Kier alpha value is -2.36. The Morgan fingerprint density at radius 2 is 2.04 bits per heavy atom. The molecule has 4 rings (SSSR count). The molecule has 0 spiro atoms. The fraction of sp³-hybridized carbons (Fsp3) is 0.235. The van der Waals surface area contributed by atoms with E-state index in [0.29, 0.717) is 20.6 Å². The molecule has 0 aliphatic carbocycles. The number of methoxy groups -OCH3 is 1. The lowest BCUT2D eigenvalue weighted by Gasteiger charge is -2.04. The number of benzene rings is 1. The summed E-state index contributed by atoms with van der Waals surface area (Å²) in [6.07, 6.45) is 0.145. The summed E-state index contributed by atoms with van der Waals surface area (Å²) >= 11 is 8.54. The van der Waals surface area contributed by atoms with Gasteiger partial charge in [-0.1, -0.05) is 22.9 Å². The van der Waals surface area contributed by atoms with Gasteiger partial charge < -0.3 is 18.8 Å². The first-order valence-electron chi connectivity index (χ1n) is 7.85. The highest BCUT2D eigenvalue weighted by Crippen LogP contribution is 2.37. The van der Waals surface area contributed by atoms with Gasteiger partial charge in [-0.2, -0.15) is 4.99 Å². The lowest BCUT2D eigenvalue weighted by atomic mass is 10.3. The van der Waals surface area contributed by atoms with Gasteiger partial charge in [0.1, 0.15) is 6.54 Å². The minimum atomic E-state index is -0.439. The van der Waals surface area contributed by atoms with Gasteiger partial charge in [-0.05, 0) is 12.1 Å². The molecular formula is C17H13ClN2O5S2. The lowest BCUT2D eigenvalue weighted by Crippen LogP contribution is -2.22. The molecule has 2 aromatic heterocycles. The fourth-order valence-electron chi connectivity index (χ4n) is 2.63. The maximum absolute atomic E-state index is 12.4. The van der Waals surface area contributed by atoms with Crippen molar-refractivity contribution in [1.29, 1.82) is 0 Å². The van der Waals surface area contributed by atoms with Crippen LogP contribution in [0.2, 0.25) is 4.34 Å². The van der Waals surface area contributed by atoms with Gasteiger partial charge in [0.2, 0.25) is 6.79 Å². The van der Waals surface area contributed by atoms with E-state index in [-0.39, 0.29) is 25.7 Å². The molecule has 1 aliphatic rings. The highest BCUT2D eigenvalue weighted by atomic mass is 35.5. The molecule has 1 amide bonds. The number of carbonyl (C=O) groups is 2. The second-order valence-electron chi connectivity index (χ2n) is 5.61. The Kier molecular flexibility index (Phi) is 4.90. The number of nitrogens with zero attached hydrogens (tertiary/aromatic N) is 2. The molecule has 0 N–H and O–H groups in total. The van der Waals surface area contributed by atoms with Crippen LogP contribution in [0.4, 0.5) is 0 Å². The molecule has 10 heteroatoms. The molecule has 1 aromatic carbocycles. The monoisotopic (exact) mass is 424 g/mol. The first-order valence-corrected chi connectivity index (χ1v) is 9.86. The second-order valence-corrected chi connectivity index (χ2v) is 8.42. The van der Waals surface area contributed by atoms with Crippen LogP contribution < -0.4 is 14.3 Å². The van der Waals surface area contributed by atoms with Crippen LogP contribution in [0, 0.1) is 0 Å². The molecule has 140 valence electrons. The van der Waals surface area contributed by atoms with E-state index < -0.39 is 5.97 Å². The van der Waals surface area contributed by atoms with Gasteiger partial charge in [-0.25, -0.2) is 0 Å². The van der Waals surface area contributed by atoms with Crippen LogP contribution in [0.15, 0.2) is 29.3 Å². The van der Waals surface area contributed by atoms with E-state index in [0.717, 1.165) is 15.1 Å². The topological polar surface area (TPSA) is 79.1 Å². The van der Waals surface area contributed by atoms with Crippen molar-refractivity contribution in [2.24, 2.45) is 4.99 Å². The average molecular weight is 425 g/mol. The van der Waals surface area contributed by atoms with Crippen LogP contribution in [0.25, 0.3) is 10.2 Å². The molecular weight excluding hydrogens is 412 g/mol. The van der Waals surface area contributed by atoms with Crippen LogP contribution >= 0.6 is 34.3 Å². The molecule has 27 heavy (non-hydrogen) atoms. The number of carbonyl (C=O) groups excluding carboxylic acids is 2. The molecule has 0 saturated carbocycles. The Balaban J connectivity index is 1.76. The second kappa shape index (κ2) is 7.34. The molecule has 0 unspecified atom stereocenters. The van der Waals surface area contributed by atoms with Gasteiger partial charge in [0.25, 0.3) is 5.91 Å². The maximum atomic E-state index is 12.4. The molecule has 3 aromatic rings. The number of thiazole rings is 1. The van der Waals surface area contributed by atoms with Gasteiger partial charge in [-0.3, -0.25) is 9.59 Å². The number of thiophene rings is 1. The zero-order chi connectivity index (χ0) is 19.0. The summed E-state index contributed by atoms with van der Waals surface area (Å²) in [5, 5.41) is 0. The van der Waals surface area contributed by atoms with Crippen LogP contribution in [0.1, 0.15) is 4.88 Å². The highest BCUT2D eigenvalue weighted by molar-refractivity contribution is 7.16. The quantitative estimate of drug-likeness (QED) is 0.601. The number of rotatable bonds is 4. The van der Waals surface area contributed by atoms with E-state index >= 15 is 0 Å². The van der Waals surface area contributed by atoms with Crippen molar-refractivity contribution in [3.8, 4) is 11.5 Å². The molecule has 0 atom stereocenters. The van der Waals surface area contributed by atoms with Gasteiger partial charge in [0.05, 0.1) is 28.1 Å².